The van der Waals surface area contributed by atoms with Gasteiger partial charge in [0, 0.05) is 6.04 Å². The molecule has 0 aromatic rings. The van der Waals surface area contributed by atoms with E-state index in [9.17, 15) is 0 Å². The van der Waals surface area contributed by atoms with Crippen LogP contribution in [-0.4, -0.2) is 12.6 Å². The van der Waals surface area contributed by atoms with Gasteiger partial charge in [-0.2, -0.15) is 0 Å². The number of rotatable bonds is 2. The van der Waals surface area contributed by atoms with Crippen molar-refractivity contribution in [2.45, 2.75) is 45.6 Å². The van der Waals surface area contributed by atoms with E-state index in [4.69, 9.17) is 0 Å². The third-order valence-corrected chi connectivity index (χ3v) is 2.59. The minimum atomic E-state index is 0.731. The molecule has 0 amide bonds. The third kappa shape index (κ3) is 3.28. The fraction of sp³-hybridized carbons (Fsp3) is 0.818. The largest absolute Gasteiger partial charge is 0.303 e. The highest BCUT2D eigenvalue weighted by Crippen LogP contribution is 2.23. The summed E-state index contributed by atoms with van der Waals surface area (Å²) in [6.45, 7) is 5.11. The van der Waals surface area contributed by atoms with Crippen LogP contribution >= 0.6 is 0 Å². The molecule has 0 aliphatic heterocycles. The Bertz CT molecular complexity index is 175. The van der Waals surface area contributed by atoms with Crippen molar-refractivity contribution in [3.63, 3.8) is 0 Å². The van der Waals surface area contributed by atoms with Gasteiger partial charge in [0.05, 0.1) is 6.54 Å². The standard InChI is InChI=1S/C11H19N/c1-3-4-8-12-11-7-5-6-10(2)9-11/h10-12H,5-9H2,1-2H3. The Kier molecular flexibility index (Phi) is 4.18. The number of nitrogens with one attached hydrogen (secondary N) is 1. The molecular formula is C11H19N. The molecule has 1 aliphatic rings. The number of hydrogen-bond acceptors (Lipinski definition) is 1. The van der Waals surface area contributed by atoms with Crippen LogP contribution < -0.4 is 5.32 Å². The average Bonchev–Trinajstić information content (AvgIpc) is 2.05. The molecule has 0 saturated heterocycles. The fourth-order valence-electron chi connectivity index (χ4n) is 1.90. The summed E-state index contributed by atoms with van der Waals surface area (Å²) in [6.07, 6.45) is 5.48. The van der Waals surface area contributed by atoms with Gasteiger partial charge >= 0.3 is 0 Å². The van der Waals surface area contributed by atoms with Crippen LogP contribution in [0.3, 0.4) is 0 Å². The molecule has 12 heavy (non-hydrogen) atoms. The van der Waals surface area contributed by atoms with E-state index in [1.54, 1.807) is 0 Å². The van der Waals surface area contributed by atoms with Gasteiger partial charge in [-0.15, -0.1) is 5.92 Å². The van der Waals surface area contributed by atoms with Gasteiger partial charge in [0.2, 0.25) is 0 Å². The smallest absolute Gasteiger partial charge is 0.0578 e. The first-order chi connectivity index (χ1) is 5.83. The summed E-state index contributed by atoms with van der Waals surface area (Å²) < 4.78 is 0. The molecule has 1 saturated carbocycles. The van der Waals surface area contributed by atoms with Crippen molar-refractivity contribution in [1.82, 2.24) is 5.32 Å². The average molecular weight is 165 g/mol. The zero-order chi connectivity index (χ0) is 8.81. The Morgan fingerprint density at radius 1 is 1.42 bits per heavy atom. The maximum atomic E-state index is 3.48. The lowest BCUT2D eigenvalue weighted by Gasteiger charge is -2.26. The van der Waals surface area contributed by atoms with E-state index in [2.05, 4.69) is 24.1 Å². The van der Waals surface area contributed by atoms with E-state index in [1.807, 2.05) is 6.92 Å². The molecule has 0 aromatic carbocycles. The third-order valence-electron chi connectivity index (χ3n) is 2.59. The maximum Gasteiger partial charge on any atom is 0.0578 e. The second-order valence-corrected chi connectivity index (χ2v) is 3.78. The van der Waals surface area contributed by atoms with Crippen LogP contribution in [0.4, 0.5) is 0 Å². The quantitative estimate of drug-likeness (QED) is 0.618. The highest BCUT2D eigenvalue weighted by Gasteiger charge is 2.17. The monoisotopic (exact) mass is 165 g/mol. The lowest BCUT2D eigenvalue weighted by Crippen LogP contribution is -2.33. The molecule has 0 aromatic heterocycles. The van der Waals surface area contributed by atoms with Crippen molar-refractivity contribution >= 4 is 0 Å². The first kappa shape index (κ1) is 9.61. The Morgan fingerprint density at radius 3 is 2.92 bits per heavy atom. The van der Waals surface area contributed by atoms with Crippen LogP contribution in [0.2, 0.25) is 0 Å². The number of hydrogen-bond donors (Lipinski definition) is 1. The van der Waals surface area contributed by atoms with Gasteiger partial charge in [-0.25, -0.2) is 0 Å². The molecule has 0 heterocycles. The van der Waals surface area contributed by atoms with Crippen molar-refractivity contribution in [2.24, 2.45) is 5.92 Å². The molecule has 1 N–H and O–H groups in total. The molecule has 0 radical (unpaired) electrons. The zero-order valence-electron chi connectivity index (χ0n) is 8.19. The first-order valence-corrected chi connectivity index (χ1v) is 4.96. The van der Waals surface area contributed by atoms with Crippen LogP contribution in [-0.2, 0) is 0 Å². The SMILES string of the molecule is CC#CCNC1CCCC(C)C1. The van der Waals surface area contributed by atoms with Gasteiger partial charge in [-0.3, -0.25) is 0 Å². The van der Waals surface area contributed by atoms with E-state index in [1.165, 1.54) is 25.7 Å². The summed E-state index contributed by atoms with van der Waals surface area (Å²) in [5.74, 6) is 6.86. The fourth-order valence-corrected chi connectivity index (χ4v) is 1.90. The van der Waals surface area contributed by atoms with Crippen molar-refractivity contribution in [1.29, 1.82) is 0 Å². The molecule has 0 spiro atoms. The molecule has 1 nitrogen and oxygen atoms in total. The molecule has 2 unspecified atom stereocenters. The van der Waals surface area contributed by atoms with Crippen LogP contribution in [0.1, 0.15) is 39.5 Å². The highest BCUT2D eigenvalue weighted by molar-refractivity contribution is 4.97. The van der Waals surface area contributed by atoms with Gasteiger partial charge in [0.1, 0.15) is 0 Å². The molecule has 1 aliphatic carbocycles. The van der Waals surface area contributed by atoms with E-state index < -0.39 is 0 Å². The molecule has 0 bridgehead atoms. The Balaban J connectivity index is 2.17. The summed E-state index contributed by atoms with van der Waals surface area (Å²) in [5, 5.41) is 3.48. The summed E-state index contributed by atoms with van der Waals surface area (Å²) in [7, 11) is 0. The minimum Gasteiger partial charge on any atom is -0.303 e. The maximum absolute atomic E-state index is 3.48. The van der Waals surface area contributed by atoms with Crippen LogP contribution in [0, 0.1) is 17.8 Å². The minimum absolute atomic E-state index is 0.731. The Morgan fingerprint density at radius 2 is 2.25 bits per heavy atom. The van der Waals surface area contributed by atoms with Crippen molar-refractivity contribution in [3.05, 3.63) is 0 Å². The second-order valence-electron chi connectivity index (χ2n) is 3.78. The lowest BCUT2D eigenvalue weighted by atomic mass is 9.87. The molecule has 1 heteroatoms. The van der Waals surface area contributed by atoms with Crippen LogP contribution in [0.25, 0.3) is 0 Å². The van der Waals surface area contributed by atoms with Crippen molar-refractivity contribution in [3.8, 4) is 11.8 Å². The van der Waals surface area contributed by atoms with Gasteiger partial charge in [-0.1, -0.05) is 25.7 Å². The Hall–Kier alpha value is -0.480. The highest BCUT2D eigenvalue weighted by atomic mass is 14.9. The molecule has 1 fully saturated rings. The van der Waals surface area contributed by atoms with Crippen LogP contribution in [0.15, 0.2) is 0 Å². The van der Waals surface area contributed by atoms with E-state index in [0.29, 0.717) is 0 Å². The Labute approximate surface area is 75.9 Å². The van der Waals surface area contributed by atoms with Crippen molar-refractivity contribution < 1.29 is 0 Å². The van der Waals surface area contributed by atoms with Gasteiger partial charge in [0.25, 0.3) is 0 Å². The van der Waals surface area contributed by atoms with E-state index in [0.717, 1.165) is 18.5 Å². The van der Waals surface area contributed by atoms with Gasteiger partial charge in [0.15, 0.2) is 0 Å². The topological polar surface area (TPSA) is 12.0 Å². The first-order valence-electron chi connectivity index (χ1n) is 4.96. The van der Waals surface area contributed by atoms with E-state index >= 15 is 0 Å². The normalized spacial score (nSPS) is 29.2. The predicted octanol–water partition coefficient (Wildman–Crippen LogP) is 2.18. The molecule has 2 atom stereocenters. The summed E-state index contributed by atoms with van der Waals surface area (Å²) in [5.41, 5.74) is 0. The lowest BCUT2D eigenvalue weighted by molar-refractivity contribution is 0.309. The second kappa shape index (κ2) is 5.22. The summed E-state index contributed by atoms with van der Waals surface area (Å²) in [4.78, 5) is 0. The molecule has 68 valence electrons. The summed E-state index contributed by atoms with van der Waals surface area (Å²) >= 11 is 0. The predicted molar refractivity (Wildman–Crippen MR) is 52.9 cm³/mol. The molecular weight excluding hydrogens is 146 g/mol. The van der Waals surface area contributed by atoms with E-state index in [-0.39, 0.29) is 0 Å². The van der Waals surface area contributed by atoms with Gasteiger partial charge in [-0.05, 0) is 25.7 Å². The summed E-state index contributed by atoms with van der Waals surface area (Å²) in [6, 6.07) is 0.731. The van der Waals surface area contributed by atoms with Crippen LogP contribution in [0.5, 0.6) is 0 Å². The van der Waals surface area contributed by atoms with Crippen molar-refractivity contribution in [2.75, 3.05) is 6.54 Å². The van der Waals surface area contributed by atoms with Gasteiger partial charge < -0.3 is 5.32 Å². The zero-order valence-corrected chi connectivity index (χ0v) is 8.19. The molecule has 1 rings (SSSR count).